The number of H-pyrrole nitrogens is 1. The second-order valence-electron chi connectivity index (χ2n) is 7.18. The van der Waals surface area contributed by atoms with E-state index in [1.54, 1.807) is 6.20 Å². The summed E-state index contributed by atoms with van der Waals surface area (Å²) in [4.78, 5) is 24.0. The van der Waals surface area contributed by atoms with Gasteiger partial charge >= 0.3 is 0 Å². The molecule has 7 heteroatoms. The van der Waals surface area contributed by atoms with E-state index >= 15 is 0 Å². The summed E-state index contributed by atoms with van der Waals surface area (Å²) in [6, 6.07) is 9.62. The minimum absolute atomic E-state index is 0.116. The van der Waals surface area contributed by atoms with Crippen molar-refractivity contribution in [2.24, 2.45) is 0 Å². The lowest BCUT2D eigenvalue weighted by Gasteiger charge is -2.06. The molecule has 0 saturated heterocycles. The van der Waals surface area contributed by atoms with Gasteiger partial charge in [0.1, 0.15) is 10.7 Å². The van der Waals surface area contributed by atoms with Crippen molar-refractivity contribution in [1.29, 1.82) is 0 Å². The molecule has 0 atom stereocenters. The van der Waals surface area contributed by atoms with Crippen LogP contribution in [0.25, 0.3) is 21.5 Å². The van der Waals surface area contributed by atoms with Gasteiger partial charge in [-0.2, -0.15) is 5.10 Å². The number of aromatic nitrogens is 4. The molecule has 0 unspecified atom stereocenters. The standard InChI is InChI=1S/C21H19N5OS/c1-11-17-12(2)23-19(13-6-7-13)25-21(17)28-18(11)20(27)24-15-5-3-4-14(10-15)16-8-9-22-26-16/h3-5,8-10,13H,6-7H2,1-2H3,(H,22,26)(H,24,27). The Morgan fingerprint density at radius 2 is 2.07 bits per heavy atom. The SMILES string of the molecule is Cc1nc(C2CC2)nc2sc(C(=O)Nc3cccc(-c4ccn[nH]4)c3)c(C)c12. The largest absolute Gasteiger partial charge is 0.321 e. The highest BCUT2D eigenvalue weighted by molar-refractivity contribution is 7.20. The Morgan fingerprint density at radius 3 is 2.82 bits per heavy atom. The number of hydrogen-bond acceptors (Lipinski definition) is 5. The zero-order valence-corrected chi connectivity index (χ0v) is 16.4. The first-order valence-electron chi connectivity index (χ1n) is 9.29. The fourth-order valence-corrected chi connectivity index (χ4v) is 4.60. The predicted molar refractivity (Wildman–Crippen MR) is 111 cm³/mol. The van der Waals surface area contributed by atoms with Crippen LogP contribution in [0.2, 0.25) is 0 Å². The van der Waals surface area contributed by atoms with Gasteiger partial charge in [0, 0.05) is 28.8 Å². The van der Waals surface area contributed by atoms with Crippen LogP contribution in [0.3, 0.4) is 0 Å². The summed E-state index contributed by atoms with van der Waals surface area (Å²) in [5, 5.41) is 10.9. The van der Waals surface area contributed by atoms with Crippen LogP contribution in [0.4, 0.5) is 5.69 Å². The normalized spacial score (nSPS) is 13.8. The lowest BCUT2D eigenvalue weighted by Crippen LogP contribution is -2.11. The van der Waals surface area contributed by atoms with E-state index in [2.05, 4.69) is 20.5 Å². The Bertz CT molecular complexity index is 1190. The Kier molecular flexibility index (Phi) is 3.98. The molecule has 1 aliphatic carbocycles. The molecule has 0 radical (unpaired) electrons. The van der Waals surface area contributed by atoms with E-state index in [1.807, 2.05) is 44.2 Å². The maximum atomic E-state index is 13.0. The molecule has 1 aliphatic rings. The van der Waals surface area contributed by atoms with Crippen LogP contribution in [0.5, 0.6) is 0 Å². The Balaban J connectivity index is 1.47. The molecule has 2 N–H and O–H groups in total. The quantitative estimate of drug-likeness (QED) is 0.524. The molecule has 4 aromatic rings. The van der Waals surface area contributed by atoms with Crippen molar-refractivity contribution in [3.63, 3.8) is 0 Å². The van der Waals surface area contributed by atoms with Gasteiger partial charge < -0.3 is 5.32 Å². The number of aromatic amines is 1. The predicted octanol–water partition coefficient (Wildman–Crippen LogP) is 4.83. The number of rotatable bonds is 4. The number of carbonyl (C=O) groups is 1. The van der Waals surface area contributed by atoms with Gasteiger partial charge in [-0.25, -0.2) is 9.97 Å². The average molecular weight is 389 g/mol. The Labute approximate surface area is 166 Å². The molecule has 1 amide bonds. The average Bonchev–Trinajstić information content (AvgIpc) is 3.27. The minimum Gasteiger partial charge on any atom is -0.321 e. The fraction of sp³-hybridized carbons (Fsp3) is 0.238. The third-order valence-corrected chi connectivity index (χ3v) is 6.25. The van der Waals surface area contributed by atoms with Crippen LogP contribution >= 0.6 is 11.3 Å². The van der Waals surface area contributed by atoms with Crippen molar-refractivity contribution in [3.05, 3.63) is 58.5 Å². The number of nitrogens with one attached hydrogen (secondary N) is 2. The van der Waals surface area contributed by atoms with Gasteiger partial charge in [0.05, 0.1) is 16.3 Å². The molecule has 0 bridgehead atoms. The van der Waals surface area contributed by atoms with Crippen molar-refractivity contribution >= 4 is 33.1 Å². The molecule has 140 valence electrons. The van der Waals surface area contributed by atoms with Gasteiger partial charge in [-0.15, -0.1) is 11.3 Å². The highest BCUT2D eigenvalue weighted by Gasteiger charge is 2.28. The van der Waals surface area contributed by atoms with E-state index in [4.69, 9.17) is 4.98 Å². The van der Waals surface area contributed by atoms with Crippen molar-refractivity contribution in [1.82, 2.24) is 20.2 Å². The molecule has 1 aromatic carbocycles. The monoisotopic (exact) mass is 389 g/mol. The second-order valence-corrected chi connectivity index (χ2v) is 8.18. The second kappa shape index (κ2) is 6.53. The van der Waals surface area contributed by atoms with Gasteiger partial charge in [-0.3, -0.25) is 9.89 Å². The number of nitrogens with zero attached hydrogens (tertiary/aromatic N) is 3. The lowest BCUT2D eigenvalue weighted by molar-refractivity contribution is 0.103. The number of fused-ring (bicyclic) bond motifs is 1. The van der Waals surface area contributed by atoms with E-state index < -0.39 is 0 Å². The van der Waals surface area contributed by atoms with Gasteiger partial charge in [-0.05, 0) is 50.5 Å². The number of amides is 1. The smallest absolute Gasteiger partial charge is 0.266 e. The zero-order chi connectivity index (χ0) is 19.3. The first kappa shape index (κ1) is 17.1. The molecule has 1 saturated carbocycles. The summed E-state index contributed by atoms with van der Waals surface area (Å²) < 4.78 is 0. The summed E-state index contributed by atoms with van der Waals surface area (Å²) in [5.41, 5.74) is 4.53. The van der Waals surface area contributed by atoms with Crippen LogP contribution in [-0.2, 0) is 0 Å². The first-order chi connectivity index (χ1) is 13.6. The molecule has 1 fully saturated rings. The van der Waals surface area contributed by atoms with E-state index in [0.717, 1.165) is 57.1 Å². The Hall–Kier alpha value is -3.06. The molecular weight excluding hydrogens is 370 g/mol. The topological polar surface area (TPSA) is 83.6 Å². The third kappa shape index (κ3) is 2.97. The van der Waals surface area contributed by atoms with Crippen LogP contribution in [0.1, 0.15) is 45.5 Å². The summed E-state index contributed by atoms with van der Waals surface area (Å²) in [6.07, 6.45) is 4.03. The van der Waals surface area contributed by atoms with Crippen LogP contribution < -0.4 is 5.32 Å². The van der Waals surface area contributed by atoms with Gasteiger partial charge in [-0.1, -0.05) is 12.1 Å². The number of carbonyl (C=O) groups excluding carboxylic acids is 1. The van der Waals surface area contributed by atoms with E-state index in [1.165, 1.54) is 11.3 Å². The van der Waals surface area contributed by atoms with Gasteiger partial charge in [0.25, 0.3) is 5.91 Å². The highest BCUT2D eigenvalue weighted by Crippen LogP contribution is 2.40. The van der Waals surface area contributed by atoms with E-state index in [9.17, 15) is 4.79 Å². The maximum Gasteiger partial charge on any atom is 0.266 e. The molecule has 0 spiro atoms. The van der Waals surface area contributed by atoms with Gasteiger partial charge in [0.15, 0.2) is 0 Å². The minimum atomic E-state index is -0.116. The number of aryl methyl sites for hydroxylation is 2. The maximum absolute atomic E-state index is 13.0. The molecule has 5 rings (SSSR count). The number of benzene rings is 1. The Morgan fingerprint density at radius 1 is 1.21 bits per heavy atom. The summed E-state index contributed by atoms with van der Waals surface area (Å²) in [6.45, 7) is 3.98. The molecule has 0 aliphatic heterocycles. The molecule has 6 nitrogen and oxygen atoms in total. The van der Waals surface area contributed by atoms with Gasteiger partial charge in [0.2, 0.25) is 0 Å². The third-order valence-electron chi connectivity index (χ3n) is 5.07. The lowest BCUT2D eigenvalue weighted by atomic mass is 10.1. The van der Waals surface area contributed by atoms with E-state index in [0.29, 0.717) is 10.8 Å². The number of anilines is 1. The molecule has 3 heterocycles. The fourth-order valence-electron chi connectivity index (χ4n) is 3.47. The van der Waals surface area contributed by atoms with Crippen molar-refractivity contribution < 1.29 is 4.79 Å². The summed E-state index contributed by atoms with van der Waals surface area (Å²) in [7, 11) is 0. The summed E-state index contributed by atoms with van der Waals surface area (Å²) in [5.74, 6) is 1.30. The van der Waals surface area contributed by atoms with E-state index in [-0.39, 0.29) is 5.91 Å². The van der Waals surface area contributed by atoms with Crippen LogP contribution in [0, 0.1) is 13.8 Å². The van der Waals surface area contributed by atoms with Crippen molar-refractivity contribution in [2.45, 2.75) is 32.6 Å². The molecule has 3 aromatic heterocycles. The first-order valence-corrected chi connectivity index (χ1v) is 10.1. The number of thiophene rings is 1. The molecular formula is C21H19N5OS. The highest BCUT2D eigenvalue weighted by atomic mass is 32.1. The number of hydrogen-bond donors (Lipinski definition) is 2. The van der Waals surface area contributed by atoms with Crippen molar-refractivity contribution in [2.75, 3.05) is 5.32 Å². The van der Waals surface area contributed by atoms with Crippen molar-refractivity contribution in [3.8, 4) is 11.3 Å². The summed E-state index contributed by atoms with van der Waals surface area (Å²) >= 11 is 1.45. The molecule has 28 heavy (non-hydrogen) atoms. The van der Waals surface area contributed by atoms with Crippen LogP contribution in [-0.4, -0.2) is 26.1 Å². The van der Waals surface area contributed by atoms with Crippen LogP contribution in [0.15, 0.2) is 36.5 Å². The zero-order valence-electron chi connectivity index (χ0n) is 15.6.